The lowest BCUT2D eigenvalue weighted by Crippen LogP contribution is -2.41. The van der Waals surface area contributed by atoms with Crippen LogP contribution in [0.15, 0.2) is 53.4 Å². The molecule has 156 valence electrons. The molecule has 0 aliphatic carbocycles. The predicted octanol–water partition coefficient (Wildman–Crippen LogP) is 4.55. The first kappa shape index (κ1) is 21.5. The van der Waals surface area contributed by atoms with Gasteiger partial charge in [-0.1, -0.05) is 43.7 Å². The van der Waals surface area contributed by atoms with Crippen molar-refractivity contribution in [3.8, 4) is 0 Å². The van der Waals surface area contributed by atoms with Gasteiger partial charge in [-0.15, -0.1) is 0 Å². The molecule has 0 saturated carbocycles. The van der Waals surface area contributed by atoms with Crippen LogP contribution in [0.5, 0.6) is 0 Å². The van der Waals surface area contributed by atoms with Crippen LogP contribution in [-0.2, 0) is 14.8 Å². The molecule has 1 N–H and O–H groups in total. The van der Waals surface area contributed by atoms with Crippen LogP contribution < -0.4 is 5.32 Å². The van der Waals surface area contributed by atoms with E-state index in [9.17, 15) is 13.2 Å². The van der Waals surface area contributed by atoms with Gasteiger partial charge in [0.15, 0.2) is 0 Å². The zero-order valence-electron chi connectivity index (χ0n) is 17.4. The maximum Gasteiger partial charge on any atom is 0.243 e. The van der Waals surface area contributed by atoms with Gasteiger partial charge in [0.1, 0.15) is 0 Å². The first-order valence-corrected chi connectivity index (χ1v) is 11.7. The van der Waals surface area contributed by atoms with E-state index in [1.54, 1.807) is 24.3 Å². The first-order valence-electron chi connectivity index (χ1n) is 10.3. The summed E-state index contributed by atoms with van der Waals surface area (Å²) in [6, 6.07) is 14.9. The Morgan fingerprint density at radius 1 is 1.07 bits per heavy atom. The largest absolute Gasteiger partial charge is 0.326 e. The monoisotopic (exact) mass is 414 g/mol. The molecule has 3 rings (SSSR count). The molecular weight excluding hydrogens is 384 g/mol. The molecule has 1 amide bonds. The number of piperidine rings is 1. The normalized spacial score (nSPS) is 17.1. The van der Waals surface area contributed by atoms with Gasteiger partial charge in [0.2, 0.25) is 15.9 Å². The highest BCUT2D eigenvalue weighted by Crippen LogP contribution is 2.26. The molecule has 0 radical (unpaired) electrons. The fourth-order valence-corrected chi connectivity index (χ4v) is 5.06. The second-order valence-electron chi connectivity index (χ2n) is 7.91. The van der Waals surface area contributed by atoms with Crippen molar-refractivity contribution in [1.29, 1.82) is 0 Å². The van der Waals surface area contributed by atoms with Crippen LogP contribution in [0.4, 0.5) is 5.69 Å². The highest BCUT2D eigenvalue weighted by molar-refractivity contribution is 7.89. The third kappa shape index (κ3) is 5.06. The van der Waals surface area contributed by atoms with Gasteiger partial charge in [-0.2, -0.15) is 4.31 Å². The Morgan fingerprint density at radius 2 is 1.66 bits per heavy atom. The summed E-state index contributed by atoms with van der Waals surface area (Å²) in [6.45, 7) is 7.00. The molecule has 1 aliphatic heterocycles. The standard InChI is InChI=1S/C23H30N2O3S/c1-4-18(3)19-7-9-21(10-8-19)24-23(26)20-13-15-25(16-14-20)29(27,28)22-11-5-17(2)6-12-22/h5-12,18,20H,4,13-16H2,1-3H3,(H,24,26)/t18-/m0/s1. The average molecular weight is 415 g/mol. The van der Waals surface area contributed by atoms with E-state index in [2.05, 4.69) is 31.3 Å². The number of rotatable bonds is 6. The van der Waals surface area contributed by atoms with Gasteiger partial charge in [-0.3, -0.25) is 4.79 Å². The summed E-state index contributed by atoms with van der Waals surface area (Å²) in [5.74, 6) is 0.293. The van der Waals surface area contributed by atoms with Gasteiger partial charge < -0.3 is 5.32 Å². The number of anilines is 1. The minimum atomic E-state index is -3.50. The number of nitrogens with zero attached hydrogens (tertiary/aromatic N) is 1. The molecule has 2 aromatic rings. The van der Waals surface area contributed by atoms with Gasteiger partial charge in [-0.25, -0.2) is 8.42 Å². The van der Waals surface area contributed by atoms with Crippen molar-refractivity contribution in [2.45, 2.75) is 50.8 Å². The van der Waals surface area contributed by atoms with Crippen LogP contribution in [0.3, 0.4) is 0 Å². The van der Waals surface area contributed by atoms with E-state index in [1.165, 1.54) is 9.87 Å². The third-order valence-electron chi connectivity index (χ3n) is 5.84. The van der Waals surface area contributed by atoms with E-state index in [0.29, 0.717) is 36.7 Å². The van der Waals surface area contributed by atoms with Gasteiger partial charge >= 0.3 is 0 Å². The number of carbonyl (C=O) groups is 1. The molecule has 1 fully saturated rings. The minimum absolute atomic E-state index is 0.0336. The fraction of sp³-hybridized carbons (Fsp3) is 0.435. The second-order valence-corrected chi connectivity index (χ2v) is 9.85. The molecule has 0 aromatic heterocycles. The van der Waals surface area contributed by atoms with E-state index in [0.717, 1.165) is 17.7 Å². The number of hydrogen-bond donors (Lipinski definition) is 1. The van der Waals surface area contributed by atoms with E-state index >= 15 is 0 Å². The van der Waals surface area contributed by atoms with Crippen LogP contribution in [0, 0.1) is 12.8 Å². The zero-order chi connectivity index (χ0) is 21.0. The van der Waals surface area contributed by atoms with E-state index in [1.807, 2.05) is 19.1 Å². The van der Waals surface area contributed by atoms with Crippen LogP contribution in [0.2, 0.25) is 0 Å². The van der Waals surface area contributed by atoms with E-state index < -0.39 is 10.0 Å². The summed E-state index contributed by atoms with van der Waals surface area (Å²) in [6.07, 6.45) is 2.14. The molecule has 1 aliphatic rings. The van der Waals surface area contributed by atoms with E-state index in [-0.39, 0.29) is 11.8 Å². The highest BCUT2D eigenvalue weighted by atomic mass is 32.2. The molecule has 29 heavy (non-hydrogen) atoms. The summed E-state index contributed by atoms with van der Waals surface area (Å²) < 4.78 is 27.1. The van der Waals surface area contributed by atoms with Crippen molar-refractivity contribution in [3.05, 3.63) is 59.7 Å². The summed E-state index contributed by atoms with van der Waals surface area (Å²) in [4.78, 5) is 12.9. The van der Waals surface area contributed by atoms with Crippen LogP contribution >= 0.6 is 0 Å². The number of hydrogen-bond acceptors (Lipinski definition) is 3. The van der Waals surface area contributed by atoms with Crippen LogP contribution in [-0.4, -0.2) is 31.7 Å². The summed E-state index contributed by atoms with van der Waals surface area (Å²) >= 11 is 0. The Balaban J connectivity index is 1.57. The number of benzene rings is 2. The molecule has 0 spiro atoms. The number of sulfonamides is 1. The minimum Gasteiger partial charge on any atom is -0.326 e. The van der Waals surface area contributed by atoms with Crippen molar-refractivity contribution in [3.63, 3.8) is 0 Å². The van der Waals surface area contributed by atoms with Crippen molar-refractivity contribution in [2.24, 2.45) is 5.92 Å². The maximum absolute atomic E-state index is 12.8. The third-order valence-corrected chi connectivity index (χ3v) is 7.76. The topological polar surface area (TPSA) is 66.5 Å². The number of aryl methyl sites for hydroxylation is 1. The van der Waals surface area contributed by atoms with Crippen molar-refractivity contribution >= 4 is 21.6 Å². The number of amides is 1. The lowest BCUT2D eigenvalue weighted by Gasteiger charge is -2.30. The second kappa shape index (κ2) is 9.09. The number of nitrogens with one attached hydrogen (secondary N) is 1. The quantitative estimate of drug-likeness (QED) is 0.754. The van der Waals surface area contributed by atoms with Gasteiger partial charge in [-0.05, 0) is 61.9 Å². The van der Waals surface area contributed by atoms with Gasteiger partial charge in [0.05, 0.1) is 4.90 Å². The Labute approximate surface area is 174 Å². The molecule has 6 heteroatoms. The smallest absolute Gasteiger partial charge is 0.243 e. The molecule has 5 nitrogen and oxygen atoms in total. The predicted molar refractivity (Wildman–Crippen MR) is 116 cm³/mol. The van der Waals surface area contributed by atoms with Crippen molar-refractivity contribution in [2.75, 3.05) is 18.4 Å². The van der Waals surface area contributed by atoms with Crippen LogP contribution in [0.25, 0.3) is 0 Å². The van der Waals surface area contributed by atoms with Gasteiger partial charge in [0, 0.05) is 24.7 Å². The lowest BCUT2D eigenvalue weighted by molar-refractivity contribution is -0.120. The van der Waals surface area contributed by atoms with Crippen LogP contribution in [0.1, 0.15) is 50.2 Å². The molecular formula is C23H30N2O3S. The Kier molecular flexibility index (Phi) is 6.75. The number of carbonyl (C=O) groups excluding carboxylic acids is 1. The Hall–Kier alpha value is -2.18. The highest BCUT2D eigenvalue weighted by Gasteiger charge is 2.32. The summed E-state index contributed by atoms with van der Waals surface area (Å²) in [7, 11) is -3.50. The van der Waals surface area contributed by atoms with Crippen molar-refractivity contribution in [1.82, 2.24) is 4.31 Å². The maximum atomic E-state index is 12.8. The molecule has 0 unspecified atom stereocenters. The zero-order valence-corrected chi connectivity index (χ0v) is 18.2. The summed E-state index contributed by atoms with van der Waals surface area (Å²) in [5.41, 5.74) is 3.08. The molecule has 1 heterocycles. The molecule has 1 atom stereocenters. The molecule has 2 aromatic carbocycles. The Morgan fingerprint density at radius 3 is 2.21 bits per heavy atom. The van der Waals surface area contributed by atoms with Gasteiger partial charge in [0.25, 0.3) is 0 Å². The average Bonchev–Trinajstić information content (AvgIpc) is 2.74. The van der Waals surface area contributed by atoms with E-state index in [4.69, 9.17) is 0 Å². The summed E-state index contributed by atoms with van der Waals surface area (Å²) in [5, 5.41) is 2.98. The molecule has 1 saturated heterocycles. The Bertz CT molecular complexity index is 929. The SMILES string of the molecule is CC[C@H](C)c1ccc(NC(=O)C2CCN(S(=O)(=O)c3ccc(C)cc3)CC2)cc1. The lowest BCUT2D eigenvalue weighted by atomic mass is 9.96. The first-order chi connectivity index (χ1) is 13.8. The molecule has 0 bridgehead atoms. The van der Waals surface area contributed by atoms with Crippen molar-refractivity contribution < 1.29 is 13.2 Å². The fourth-order valence-electron chi connectivity index (χ4n) is 3.59.